The van der Waals surface area contributed by atoms with Crippen molar-refractivity contribution in [3.63, 3.8) is 0 Å². The number of halogens is 1. The first kappa shape index (κ1) is 18.2. The van der Waals surface area contributed by atoms with Crippen molar-refractivity contribution in [1.82, 2.24) is 10.2 Å². The van der Waals surface area contributed by atoms with Crippen molar-refractivity contribution in [3.8, 4) is 0 Å². The summed E-state index contributed by atoms with van der Waals surface area (Å²) >= 11 is 5.44. The highest BCUT2D eigenvalue weighted by Gasteiger charge is 2.48. The summed E-state index contributed by atoms with van der Waals surface area (Å²) in [4.78, 5) is 4.00. The van der Waals surface area contributed by atoms with Crippen LogP contribution in [0.1, 0.15) is 52.9 Å². The Balaban J connectivity index is 0.000000847. The van der Waals surface area contributed by atoms with E-state index in [1.807, 2.05) is 25.6 Å². The van der Waals surface area contributed by atoms with Crippen LogP contribution >= 0.6 is 27.7 Å². The molecular weight excluding hydrogens is 356 g/mol. The van der Waals surface area contributed by atoms with E-state index in [1.165, 1.54) is 42.7 Å². The third kappa shape index (κ3) is 3.82. The van der Waals surface area contributed by atoms with Crippen molar-refractivity contribution < 1.29 is 0 Å². The number of allylic oxidation sites excluding steroid dienone is 3. The Hall–Kier alpha value is -0.190. The van der Waals surface area contributed by atoms with Crippen molar-refractivity contribution in [1.29, 1.82) is 0 Å². The molecular formula is C18H29BrN2S. The highest BCUT2D eigenvalue weighted by molar-refractivity contribution is 9.11. The number of rotatable bonds is 1. The quantitative estimate of drug-likeness (QED) is 0.652. The molecule has 0 aliphatic carbocycles. The highest BCUT2D eigenvalue weighted by atomic mass is 79.9. The van der Waals surface area contributed by atoms with Gasteiger partial charge in [-0.3, -0.25) is 0 Å². The van der Waals surface area contributed by atoms with Crippen LogP contribution in [-0.4, -0.2) is 28.9 Å². The molecule has 3 rings (SSSR count). The third-order valence-electron chi connectivity index (χ3n) is 4.82. The number of nitrogens with one attached hydrogen (secondary N) is 1. The lowest BCUT2D eigenvalue weighted by Gasteiger charge is -2.51. The van der Waals surface area contributed by atoms with Gasteiger partial charge in [0.1, 0.15) is 0 Å². The zero-order valence-corrected chi connectivity index (χ0v) is 16.7. The molecule has 1 spiro atoms. The first-order valence-electron chi connectivity index (χ1n) is 8.42. The molecule has 0 aromatic heterocycles. The number of fused-ring (bicyclic) bond motifs is 2. The normalized spacial score (nSPS) is 37.0. The van der Waals surface area contributed by atoms with E-state index in [0.717, 1.165) is 16.6 Å². The Kier molecular flexibility index (Phi) is 6.26. The molecule has 4 heteroatoms. The van der Waals surface area contributed by atoms with Gasteiger partial charge in [0, 0.05) is 22.7 Å². The van der Waals surface area contributed by atoms with Gasteiger partial charge in [0.05, 0.1) is 4.87 Å². The molecule has 2 bridgehead atoms. The Labute approximate surface area is 148 Å². The van der Waals surface area contributed by atoms with Gasteiger partial charge in [-0.15, -0.1) is 0 Å². The maximum atomic E-state index is 4.25. The second-order valence-corrected chi connectivity index (χ2v) is 9.02. The van der Waals surface area contributed by atoms with Crippen molar-refractivity contribution in [3.05, 3.63) is 33.8 Å². The maximum Gasteiger partial charge on any atom is 0.0910 e. The molecule has 2 atom stereocenters. The summed E-state index contributed by atoms with van der Waals surface area (Å²) in [6.45, 7) is 10.3. The van der Waals surface area contributed by atoms with Crippen LogP contribution in [0.3, 0.4) is 0 Å². The summed E-state index contributed by atoms with van der Waals surface area (Å²) < 4.78 is 1.14. The van der Waals surface area contributed by atoms with Crippen LogP contribution in [0.4, 0.5) is 0 Å². The molecule has 22 heavy (non-hydrogen) atoms. The van der Waals surface area contributed by atoms with Crippen LogP contribution in [0.15, 0.2) is 33.8 Å². The summed E-state index contributed by atoms with van der Waals surface area (Å²) in [6, 6.07) is 1.48. The van der Waals surface area contributed by atoms with Crippen LogP contribution in [0, 0.1) is 0 Å². The van der Waals surface area contributed by atoms with Gasteiger partial charge in [0.25, 0.3) is 0 Å². The average Bonchev–Trinajstić information content (AvgIpc) is 2.77. The molecule has 3 aliphatic heterocycles. The van der Waals surface area contributed by atoms with Gasteiger partial charge in [-0.2, -0.15) is 0 Å². The van der Waals surface area contributed by atoms with E-state index in [4.69, 9.17) is 0 Å². The molecule has 0 aromatic carbocycles. The van der Waals surface area contributed by atoms with Crippen molar-refractivity contribution in [2.24, 2.45) is 0 Å². The molecule has 2 nitrogen and oxygen atoms in total. The summed E-state index contributed by atoms with van der Waals surface area (Å²) in [5.74, 6) is 0. The Morgan fingerprint density at radius 3 is 2.50 bits per heavy atom. The molecule has 1 N–H and O–H groups in total. The molecule has 3 aliphatic rings. The molecule has 0 saturated carbocycles. The molecule has 124 valence electrons. The largest absolute Gasteiger partial charge is 0.369 e. The lowest BCUT2D eigenvalue weighted by Crippen LogP contribution is -2.58. The molecule has 0 amide bonds. The molecule has 3 saturated heterocycles. The Morgan fingerprint density at radius 2 is 1.95 bits per heavy atom. The molecule has 3 heterocycles. The Bertz CT molecular complexity index is 465. The van der Waals surface area contributed by atoms with E-state index >= 15 is 0 Å². The fraction of sp³-hybridized carbons (Fsp3) is 0.667. The first-order valence-corrected chi connectivity index (χ1v) is 10.0. The zero-order chi connectivity index (χ0) is 16.3. The van der Waals surface area contributed by atoms with Crippen LogP contribution in [-0.2, 0) is 0 Å². The van der Waals surface area contributed by atoms with E-state index in [-0.39, 0.29) is 4.87 Å². The first-order chi connectivity index (χ1) is 10.5. The third-order valence-corrected chi connectivity index (χ3v) is 6.38. The highest BCUT2D eigenvalue weighted by Crippen LogP contribution is 2.51. The SMILES string of the molecule is C=C1SC2(CC3CCCC(C2)N3C)N/C1=C/C=C(\C)Br.CC. The van der Waals surface area contributed by atoms with Gasteiger partial charge in [0.15, 0.2) is 0 Å². The lowest BCUT2D eigenvalue weighted by molar-refractivity contribution is 0.0433. The van der Waals surface area contributed by atoms with Crippen molar-refractivity contribution in [2.75, 3.05) is 7.05 Å². The summed E-state index contributed by atoms with van der Waals surface area (Å²) in [7, 11) is 2.31. The van der Waals surface area contributed by atoms with E-state index in [1.54, 1.807) is 0 Å². The number of thioether (sulfide) groups is 1. The van der Waals surface area contributed by atoms with E-state index in [2.05, 4.69) is 58.8 Å². The van der Waals surface area contributed by atoms with Gasteiger partial charge in [-0.25, -0.2) is 0 Å². The predicted molar refractivity (Wildman–Crippen MR) is 103 cm³/mol. The van der Waals surface area contributed by atoms with Crippen molar-refractivity contribution >= 4 is 27.7 Å². The smallest absolute Gasteiger partial charge is 0.0910 e. The second-order valence-electron chi connectivity index (χ2n) is 6.29. The minimum atomic E-state index is 0.194. The fourth-order valence-electron chi connectivity index (χ4n) is 3.78. The minimum Gasteiger partial charge on any atom is -0.369 e. The summed E-state index contributed by atoms with van der Waals surface area (Å²) in [6.07, 6.45) is 10.8. The number of hydrogen-bond acceptors (Lipinski definition) is 3. The molecule has 0 radical (unpaired) electrons. The molecule has 2 unspecified atom stereocenters. The maximum absolute atomic E-state index is 4.25. The van der Waals surface area contributed by atoms with Gasteiger partial charge in [0.2, 0.25) is 0 Å². The van der Waals surface area contributed by atoms with E-state index < -0.39 is 0 Å². The number of nitrogens with zero attached hydrogens (tertiary/aromatic N) is 1. The molecule has 0 aromatic rings. The minimum absolute atomic E-state index is 0.194. The monoisotopic (exact) mass is 384 g/mol. The van der Waals surface area contributed by atoms with Crippen LogP contribution in [0.25, 0.3) is 0 Å². The van der Waals surface area contributed by atoms with Gasteiger partial charge < -0.3 is 10.2 Å². The van der Waals surface area contributed by atoms with E-state index in [9.17, 15) is 0 Å². The summed E-state index contributed by atoms with van der Waals surface area (Å²) in [5, 5.41) is 3.79. The van der Waals surface area contributed by atoms with Crippen LogP contribution < -0.4 is 5.32 Å². The average molecular weight is 385 g/mol. The predicted octanol–water partition coefficient (Wildman–Crippen LogP) is 5.39. The van der Waals surface area contributed by atoms with Gasteiger partial charge in [-0.1, -0.05) is 60.6 Å². The Morgan fingerprint density at radius 1 is 1.36 bits per heavy atom. The zero-order valence-electron chi connectivity index (χ0n) is 14.3. The molecule has 3 fully saturated rings. The summed E-state index contributed by atoms with van der Waals surface area (Å²) in [5.41, 5.74) is 1.21. The topological polar surface area (TPSA) is 15.3 Å². The lowest BCUT2D eigenvalue weighted by atomic mass is 9.81. The van der Waals surface area contributed by atoms with Crippen molar-refractivity contribution in [2.45, 2.75) is 69.8 Å². The van der Waals surface area contributed by atoms with Gasteiger partial charge >= 0.3 is 0 Å². The second kappa shape index (κ2) is 7.59. The standard InChI is InChI=1S/C16H23BrN2S.C2H6/c1-11(17)7-8-15-12(2)20-16(18-15)9-13-5-4-6-14(10-16)19(13)3;1-2/h7-8,13-14,18H,2,4-6,9-10H2,1,3H3;1-2H3/b11-7+,15-8+;. The fourth-order valence-corrected chi connectivity index (χ4v) is 5.33. The number of hydrogen-bond donors (Lipinski definition) is 1. The van der Waals surface area contributed by atoms with Crippen LogP contribution in [0.5, 0.6) is 0 Å². The van der Waals surface area contributed by atoms with Gasteiger partial charge in [-0.05, 0) is 50.2 Å². The van der Waals surface area contributed by atoms with E-state index in [0.29, 0.717) is 0 Å². The number of piperidine rings is 2. The van der Waals surface area contributed by atoms with Crippen LogP contribution in [0.2, 0.25) is 0 Å².